The predicted octanol–water partition coefficient (Wildman–Crippen LogP) is 2.95. The minimum atomic E-state index is -0.420. The highest BCUT2D eigenvalue weighted by molar-refractivity contribution is 6.05. The van der Waals surface area contributed by atoms with Gasteiger partial charge in [0.05, 0.1) is 11.9 Å². The molecule has 8 nitrogen and oxygen atoms in total. The van der Waals surface area contributed by atoms with E-state index in [1.165, 1.54) is 0 Å². The number of ether oxygens (including phenoxy) is 1. The molecule has 0 bridgehead atoms. The number of imidazole rings is 1. The van der Waals surface area contributed by atoms with E-state index in [0.717, 1.165) is 18.1 Å². The molecule has 1 fully saturated rings. The Balaban J connectivity index is 1.42. The van der Waals surface area contributed by atoms with Crippen LogP contribution in [0.4, 0.5) is 11.4 Å². The molecule has 1 aliphatic heterocycles. The van der Waals surface area contributed by atoms with Crippen LogP contribution in [0.5, 0.6) is 0 Å². The SMILES string of the molecule is Cc1nccn1-c1ccc(NC(=O)c2cccc(NC(=O)[C@@H]3CCCO3)c2)cn1. The summed E-state index contributed by atoms with van der Waals surface area (Å²) >= 11 is 0. The summed E-state index contributed by atoms with van der Waals surface area (Å²) in [6.07, 6.45) is 6.30. The topological polar surface area (TPSA) is 98.1 Å². The zero-order valence-corrected chi connectivity index (χ0v) is 16.0. The number of rotatable bonds is 5. The van der Waals surface area contributed by atoms with Crippen molar-refractivity contribution in [1.82, 2.24) is 14.5 Å². The van der Waals surface area contributed by atoms with Crippen molar-refractivity contribution in [2.75, 3.05) is 17.2 Å². The standard InChI is InChI=1S/C21H21N5O3/c1-14-22-9-10-26(14)19-8-7-17(13-23-19)25-20(27)15-4-2-5-16(12-15)24-21(28)18-6-3-11-29-18/h2,4-5,7-10,12-13,18H,3,6,11H2,1H3,(H,24,28)(H,25,27)/t18-/m0/s1. The Morgan fingerprint density at radius 2 is 2.03 bits per heavy atom. The van der Waals surface area contributed by atoms with Crippen molar-refractivity contribution < 1.29 is 14.3 Å². The molecular formula is C21H21N5O3. The molecule has 0 unspecified atom stereocenters. The normalized spacial score (nSPS) is 15.8. The van der Waals surface area contributed by atoms with Crippen LogP contribution in [-0.4, -0.2) is 39.1 Å². The summed E-state index contributed by atoms with van der Waals surface area (Å²) in [5.74, 6) is 1.08. The summed E-state index contributed by atoms with van der Waals surface area (Å²) in [4.78, 5) is 33.3. The first-order valence-corrected chi connectivity index (χ1v) is 9.40. The van der Waals surface area contributed by atoms with Crippen molar-refractivity contribution in [3.63, 3.8) is 0 Å². The first-order valence-electron chi connectivity index (χ1n) is 9.40. The minimum Gasteiger partial charge on any atom is -0.368 e. The zero-order valence-electron chi connectivity index (χ0n) is 16.0. The quantitative estimate of drug-likeness (QED) is 0.697. The average molecular weight is 391 g/mol. The smallest absolute Gasteiger partial charge is 0.255 e. The van der Waals surface area contributed by atoms with E-state index in [1.54, 1.807) is 42.7 Å². The molecule has 0 saturated carbocycles. The van der Waals surface area contributed by atoms with Gasteiger partial charge in [-0.1, -0.05) is 6.07 Å². The lowest BCUT2D eigenvalue weighted by molar-refractivity contribution is -0.124. The average Bonchev–Trinajstić information content (AvgIpc) is 3.41. The molecule has 1 aliphatic rings. The monoisotopic (exact) mass is 391 g/mol. The fourth-order valence-electron chi connectivity index (χ4n) is 3.17. The maximum Gasteiger partial charge on any atom is 0.255 e. The van der Waals surface area contributed by atoms with Gasteiger partial charge in [-0.3, -0.25) is 14.2 Å². The maximum absolute atomic E-state index is 12.6. The fraction of sp³-hybridized carbons (Fsp3) is 0.238. The van der Waals surface area contributed by atoms with Crippen molar-refractivity contribution in [1.29, 1.82) is 0 Å². The van der Waals surface area contributed by atoms with Crippen molar-refractivity contribution in [2.45, 2.75) is 25.9 Å². The number of aryl methyl sites for hydroxylation is 1. The second kappa shape index (κ2) is 8.24. The van der Waals surface area contributed by atoms with Crippen LogP contribution in [0.3, 0.4) is 0 Å². The number of aromatic nitrogens is 3. The first-order chi connectivity index (χ1) is 14.1. The Morgan fingerprint density at radius 3 is 2.72 bits per heavy atom. The summed E-state index contributed by atoms with van der Waals surface area (Å²) in [6, 6.07) is 10.4. The molecule has 8 heteroatoms. The van der Waals surface area contributed by atoms with Crippen LogP contribution in [0, 0.1) is 6.92 Å². The highest BCUT2D eigenvalue weighted by atomic mass is 16.5. The van der Waals surface area contributed by atoms with Crippen LogP contribution in [-0.2, 0) is 9.53 Å². The van der Waals surface area contributed by atoms with Crippen LogP contribution in [0.25, 0.3) is 5.82 Å². The Bertz CT molecular complexity index is 1020. The molecule has 0 aliphatic carbocycles. The fourth-order valence-corrected chi connectivity index (χ4v) is 3.17. The molecule has 0 spiro atoms. The summed E-state index contributed by atoms with van der Waals surface area (Å²) in [5, 5.41) is 5.62. The second-order valence-electron chi connectivity index (χ2n) is 6.78. The molecule has 29 heavy (non-hydrogen) atoms. The number of nitrogens with one attached hydrogen (secondary N) is 2. The van der Waals surface area contributed by atoms with Crippen molar-refractivity contribution in [3.8, 4) is 5.82 Å². The van der Waals surface area contributed by atoms with E-state index < -0.39 is 6.10 Å². The van der Waals surface area contributed by atoms with Crippen molar-refractivity contribution in [2.24, 2.45) is 0 Å². The van der Waals surface area contributed by atoms with Gasteiger partial charge in [0.25, 0.3) is 11.8 Å². The molecular weight excluding hydrogens is 370 g/mol. The molecule has 2 aromatic heterocycles. The number of hydrogen-bond acceptors (Lipinski definition) is 5. The first kappa shape index (κ1) is 18.8. The summed E-state index contributed by atoms with van der Waals surface area (Å²) in [5.41, 5.74) is 1.57. The predicted molar refractivity (Wildman–Crippen MR) is 108 cm³/mol. The molecule has 2 N–H and O–H groups in total. The van der Waals surface area contributed by atoms with Crippen LogP contribution < -0.4 is 10.6 Å². The van der Waals surface area contributed by atoms with Gasteiger partial charge < -0.3 is 15.4 Å². The molecule has 2 amide bonds. The van der Waals surface area contributed by atoms with E-state index >= 15 is 0 Å². The lowest BCUT2D eigenvalue weighted by Gasteiger charge is -2.11. The number of amides is 2. The molecule has 148 valence electrons. The van der Waals surface area contributed by atoms with E-state index in [1.807, 2.05) is 23.8 Å². The zero-order chi connectivity index (χ0) is 20.2. The van der Waals surface area contributed by atoms with E-state index in [2.05, 4.69) is 20.6 Å². The van der Waals surface area contributed by atoms with Gasteiger partial charge >= 0.3 is 0 Å². The number of carbonyl (C=O) groups excluding carboxylic acids is 2. The third kappa shape index (κ3) is 4.33. The van der Waals surface area contributed by atoms with Crippen LogP contribution in [0.2, 0.25) is 0 Å². The number of hydrogen-bond donors (Lipinski definition) is 2. The molecule has 0 radical (unpaired) electrons. The lowest BCUT2D eigenvalue weighted by atomic mass is 10.1. The van der Waals surface area contributed by atoms with Gasteiger partial charge in [0.2, 0.25) is 0 Å². The Labute approximate surface area is 167 Å². The molecule has 3 heterocycles. The molecule has 4 rings (SSSR count). The highest BCUT2D eigenvalue weighted by Gasteiger charge is 2.23. The summed E-state index contributed by atoms with van der Waals surface area (Å²) < 4.78 is 7.24. The number of benzene rings is 1. The van der Waals surface area contributed by atoms with Crippen LogP contribution >= 0.6 is 0 Å². The van der Waals surface area contributed by atoms with Gasteiger partial charge in [-0.2, -0.15) is 0 Å². The van der Waals surface area contributed by atoms with E-state index in [9.17, 15) is 9.59 Å². The third-order valence-corrected chi connectivity index (χ3v) is 4.69. The van der Waals surface area contributed by atoms with Gasteiger partial charge in [0.15, 0.2) is 0 Å². The largest absolute Gasteiger partial charge is 0.368 e. The summed E-state index contributed by atoms with van der Waals surface area (Å²) in [6.45, 7) is 2.50. The number of carbonyl (C=O) groups is 2. The van der Waals surface area contributed by atoms with Crippen molar-refractivity contribution in [3.05, 3.63) is 66.4 Å². The van der Waals surface area contributed by atoms with Gasteiger partial charge in [-0.15, -0.1) is 0 Å². The van der Waals surface area contributed by atoms with Gasteiger partial charge in [-0.25, -0.2) is 9.97 Å². The third-order valence-electron chi connectivity index (χ3n) is 4.69. The summed E-state index contributed by atoms with van der Waals surface area (Å²) in [7, 11) is 0. The van der Waals surface area contributed by atoms with Gasteiger partial charge in [0, 0.05) is 30.3 Å². The number of anilines is 2. The second-order valence-corrected chi connectivity index (χ2v) is 6.78. The Hall–Kier alpha value is -3.52. The molecule has 1 saturated heterocycles. The van der Waals surface area contributed by atoms with E-state index in [-0.39, 0.29) is 11.8 Å². The molecule has 3 aromatic rings. The van der Waals surface area contributed by atoms with Crippen LogP contribution in [0.15, 0.2) is 55.0 Å². The van der Waals surface area contributed by atoms with Crippen molar-refractivity contribution >= 4 is 23.2 Å². The van der Waals surface area contributed by atoms with E-state index in [4.69, 9.17) is 4.74 Å². The Morgan fingerprint density at radius 1 is 1.14 bits per heavy atom. The lowest BCUT2D eigenvalue weighted by Crippen LogP contribution is -2.27. The molecule has 1 atom stereocenters. The van der Waals surface area contributed by atoms with Gasteiger partial charge in [-0.05, 0) is 50.1 Å². The van der Waals surface area contributed by atoms with Crippen LogP contribution in [0.1, 0.15) is 29.0 Å². The number of pyridine rings is 1. The maximum atomic E-state index is 12.6. The minimum absolute atomic E-state index is 0.186. The van der Waals surface area contributed by atoms with E-state index in [0.29, 0.717) is 30.0 Å². The number of nitrogens with zero attached hydrogens (tertiary/aromatic N) is 3. The Kier molecular flexibility index (Phi) is 5.35. The highest BCUT2D eigenvalue weighted by Crippen LogP contribution is 2.18. The molecule has 1 aromatic carbocycles. The van der Waals surface area contributed by atoms with Gasteiger partial charge in [0.1, 0.15) is 17.7 Å².